The largest absolute Gasteiger partial charge is 0.301 e. The first kappa shape index (κ1) is 11.7. The Hall–Kier alpha value is -0.820. The maximum Gasteiger partial charge on any atom is 0.00983 e. The molecule has 0 saturated carbocycles. The minimum absolute atomic E-state index is 0.832. The minimum Gasteiger partial charge on any atom is -0.301 e. The van der Waals surface area contributed by atoms with Crippen molar-refractivity contribution in [2.24, 2.45) is 0 Å². The fraction of sp³-hybridized carbons (Fsp3) is 0.600. The van der Waals surface area contributed by atoms with Gasteiger partial charge in [-0.15, -0.1) is 0 Å². The summed E-state index contributed by atoms with van der Waals surface area (Å²) in [6, 6.07) is 11.7. The third-order valence-corrected chi connectivity index (χ3v) is 3.76. The maximum absolute atomic E-state index is 2.66. The van der Waals surface area contributed by atoms with Crippen molar-refractivity contribution < 1.29 is 0 Å². The van der Waals surface area contributed by atoms with Crippen molar-refractivity contribution in [2.75, 3.05) is 13.1 Å². The summed E-state index contributed by atoms with van der Waals surface area (Å²) >= 11 is 0. The van der Waals surface area contributed by atoms with Gasteiger partial charge < -0.3 is 4.90 Å². The van der Waals surface area contributed by atoms with Gasteiger partial charge in [0, 0.05) is 6.04 Å². The molecule has 1 aliphatic rings. The van der Waals surface area contributed by atoms with E-state index in [0.717, 1.165) is 6.04 Å². The van der Waals surface area contributed by atoms with Gasteiger partial charge in [-0.3, -0.25) is 0 Å². The molecule has 0 N–H and O–H groups in total. The first-order chi connectivity index (χ1) is 7.90. The number of rotatable bonds is 4. The zero-order chi connectivity index (χ0) is 11.2. The quantitative estimate of drug-likeness (QED) is 0.746. The highest BCUT2D eigenvalue weighted by Gasteiger charge is 2.20. The number of piperidine rings is 1. The molecule has 1 aromatic rings. The number of hydrogen-bond acceptors (Lipinski definition) is 1. The average molecular weight is 217 g/mol. The summed E-state index contributed by atoms with van der Waals surface area (Å²) in [5.41, 5.74) is 1.49. The topological polar surface area (TPSA) is 3.24 Å². The van der Waals surface area contributed by atoms with E-state index < -0.39 is 0 Å². The molecule has 1 fully saturated rings. The van der Waals surface area contributed by atoms with Crippen LogP contribution in [0.4, 0.5) is 0 Å². The van der Waals surface area contributed by atoms with E-state index in [-0.39, 0.29) is 0 Å². The molecule has 0 radical (unpaired) electrons. The molecule has 0 spiro atoms. The van der Waals surface area contributed by atoms with E-state index in [2.05, 4.69) is 42.2 Å². The second-order valence-electron chi connectivity index (χ2n) is 4.80. The van der Waals surface area contributed by atoms with E-state index in [4.69, 9.17) is 0 Å². The monoisotopic (exact) mass is 217 g/mol. The Kier molecular flexibility index (Phi) is 4.41. The second kappa shape index (κ2) is 6.05. The van der Waals surface area contributed by atoms with Crippen molar-refractivity contribution >= 4 is 0 Å². The van der Waals surface area contributed by atoms with Gasteiger partial charge in [0.05, 0.1) is 0 Å². The molecule has 88 valence electrons. The molecular weight excluding hydrogens is 194 g/mol. The number of hydrogen-bond donors (Lipinski definition) is 0. The van der Waals surface area contributed by atoms with Gasteiger partial charge in [-0.25, -0.2) is 0 Å². The van der Waals surface area contributed by atoms with Crippen LogP contribution in [0.2, 0.25) is 0 Å². The molecule has 1 unspecified atom stereocenters. The zero-order valence-corrected chi connectivity index (χ0v) is 10.4. The highest BCUT2D eigenvalue weighted by molar-refractivity contribution is 5.14. The van der Waals surface area contributed by atoms with Gasteiger partial charge in [-0.2, -0.15) is 0 Å². The van der Waals surface area contributed by atoms with Gasteiger partial charge >= 0.3 is 0 Å². The van der Waals surface area contributed by atoms with Crippen LogP contribution < -0.4 is 0 Å². The van der Waals surface area contributed by atoms with Gasteiger partial charge in [0.1, 0.15) is 0 Å². The van der Waals surface area contributed by atoms with Crippen molar-refractivity contribution in [3.05, 3.63) is 35.9 Å². The third-order valence-electron chi connectivity index (χ3n) is 3.76. The highest BCUT2D eigenvalue weighted by atomic mass is 15.2. The van der Waals surface area contributed by atoms with Crippen LogP contribution >= 0.6 is 0 Å². The van der Waals surface area contributed by atoms with Crippen LogP contribution in [-0.2, 0) is 6.42 Å². The standard InChI is InChI=1S/C15H23N/c1-2-16-13-7-6-10-15(16)12-11-14-8-4-3-5-9-14/h3-5,8-9,15H,2,6-7,10-13H2,1H3. The first-order valence-corrected chi connectivity index (χ1v) is 6.68. The van der Waals surface area contributed by atoms with Gasteiger partial charge in [0.2, 0.25) is 0 Å². The summed E-state index contributed by atoms with van der Waals surface area (Å²) in [4.78, 5) is 2.66. The lowest BCUT2D eigenvalue weighted by atomic mass is 9.96. The molecule has 1 heterocycles. The Morgan fingerprint density at radius 2 is 2.00 bits per heavy atom. The van der Waals surface area contributed by atoms with E-state index in [9.17, 15) is 0 Å². The van der Waals surface area contributed by atoms with Crippen LogP contribution in [0.25, 0.3) is 0 Å². The lowest BCUT2D eigenvalue weighted by Crippen LogP contribution is -2.39. The molecule has 1 nitrogen and oxygen atoms in total. The molecule has 0 aliphatic carbocycles. The van der Waals surface area contributed by atoms with Crippen LogP contribution in [-0.4, -0.2) is 24.0 Å². The minimum atomic E-state index is 0.832. The van der Waals surface area contributed by atoms with Crippen molar-refractivity contribution in [2.45, 2.75) is 45.1 Å². The number of likely N-dealkylation sites (tertiary alicyclic amines) is 1. The molecule has 1 aliphatic heterocycles. The third kappa shape index (κ3) is 3.08. The number of nitrogens with zero attached hydrogens (tertiary/aromatic N) is 1. The van der Waals surface area contributed by atoms with Crippen molar-refractivity contribution in [1.29, 1.82) is 0 Å². The Balaban J connectivity index is 1.84. The summed E-state index contributed by atoms with van der Waals surface area (Å²) in [6.07, 6.45) is 6.80. The van der Waals surface area contributed by atoms with E-state index in [1.54, 1.807) is 0 Å². The summed E-state index contributed by atoms with van der Waals surface area (Å²) in [5, 5.41) is 0. The summed E-state index contributed by atoms with van der Waals surface area (Å²) in [7, 11) is 0. The summed E-state index contributed by atoms with van der Waals surface area (Å²) < 4.78 is 0. The van der Waals surface area contributed by atoms with Gasteiger partial charge in [-0.1, -0.05) is 43.7 Å². The highest BCUT2D eigenvalue weighted by Crippen LogP contribution is 2.20. The van der Waals surface area contributed by atoms with E-state index in [1.165, 1.54) is 50.8 Å². The SMILES string of the molecule is CCN1CCCCC1CCc1ccccc1. The van der Waals surface area contributed by atoms with Gasteiger partial charge in [0.25, 0.3) is 0 Å². The second-order valence-corrected chi connectivity index (χ2v) is 4.80. The molecule has 1 heteroatoms. The Morgan fingerprint density at radius 3 is 2.75 bits per heavy atom. The van der Waals surface area contributed by atoms with Gasteiger partial charge in [0.15, 0.2) is 0 Å². The predicted molar refractivity (Wildman–Crippen MR) is 69.6 cm³/mol. The van der Waals surface area contributed by atoms with E-state index in [0.29, 0.717) is 0 Å². The molecule has 16 heavy (non-hydrogen) atoms. The smallest absolute Gasteiger partial charge is 0.00983 e. The molecule has 0 amide bonds. The van der Waals surface area contributed by atoms with Crippen LogP contribution in [0.5, 0.6) is 0 Å². The Bertz CT molecular complexity index is 294. The fourth-order valence-electron chi connectivity index (χ4n) is 2.78. The molecule has 0 bridgehead atoms. The normalized spacial score (nSPS) is 22.2. The molecule has 1 saturated heterocycles. The van der Waals surface area contributed by atoms with Crippen LogP contribution in [0.3, 0.4) is 0 Å². The first-order valence-electron chi connectivity index (χ1n) is 6.68. The maximum atomic E-state index is 2.66. The fourth-order valence-corrected chi connectivity index (χ4v) is 2.78. The molecule has 2 rings (SSSR count). The number of benzene rings is 1. The van der Waals surface area contributed by atoms with Crippen molar-refractivity contribution in [3.8, 4) is 0 Å². The van der Waals surface area contributed by atoms with E-state index >= 15 is 0 Å². The predicted octanol–water partition coefficient (Wildman–Crippen LogP) is 3.49. The van der Waals surface area contributed by atoms with Crippen LogP contribution in [0.15, 0.2) is 30.3 Å². The van der Waals surface area contributed by atoms with Crippen molar-refractivity contribution in [3.63, 3.8) is 0 Å². The molecular formula is C15H23N. The zero-order valence-electron chi connectivity index (χ0n) is 10.4. The molecule has 1 atom stereocenters. The van der Waals surface area contributed by atoms with Crippen LogP contribution in [0.1, 0.15) is 38.2 Å². The lowest BCUT2D eigenvalue weighted by Gasteiger charge is -2.35. The molecule has 1 aromatic carbocycles. The average Bonchev–Trinajstić information content (AvgIpc) is 2.38. The lowest BCUT2D eigenvalue weighted by molar-refractivity contribution is 0.148. The summed E-state index contributed by atoms with van der Waals surface area (Å²) in [6.45, 7) is 4.83. The van der Waals surface area contributed by atoms with Crippen molar-refractivity contribution in [1.82, 2.24) is 4.90 Å². The van der Waals surface area contributed by atoms with Crippen LogP contribution in [0, 0.1) is 0 Å². The Morgan fingerprint density at radius 1 is 1.19 bits per heavy atom. The van der Waals surface area contributed by atoms with E-state index in [1.807, 2.05) is 0 Å². The Labute approximate surface area is 99.5 Å². The summed E-state index contributed by atoms with van der Waals surface area (Å²) in [5.74, 6) is 0. The molecule has 0 aromatic heterocycles. The number of aryl methyl sites for hydroxylation is 1. The van der Waals surface area contributed by atoms with Gasteiger partial charge in [-0.05, 0) is 44.3 Å².